The fourth-order valence-corrected chi connectivity index (χ4v) is 10.6. The molecule has 2 aliphatic carbocycles. The lowest BCUT2D eigenvalue weighted by molar-refractivity contribution is 0.670. The van der Waals surface area contributed by atoms with Gasteiger partial charge in [-0.3, -0.25) is 0 Å². The van der Waals surface area contributed by atoms with Crippen molar-refractivity contribution < 1.29 is 4.42 Å². The summed E-state index contributed by atoms with van der Waals surface area (Å²) >= 11 is 0. The van der Waals surface area contributed by atoms with Crippen LogP contribution in [-0.2, 0) is 5.41 Å². The van der Waals surface area contributed by atoms with E-state index in [-0.39, 0.29) is 0 Å². The number of hydrogen-bond acceptors (Lipinski definition) is 3. The molecule has 0 amide bonds. The Morgan fingerprint density at radius 2 is 0.790 bits per heavy atom. The Hall–Kier alpha value is -8.14. The van der Waals surface area contributed by atoms with Gasteiger partial charge in [-0.15, -0.1) is 0 Å². The van der Waals surface area contributed by atoms with Crippen molar-refractivity contribution in [2.24, 2.45) is 0 Å². The van der Waals surface area contributed by atoms with Gasteiger partial charge in [-0.25, -0.2) is 9.97 Å². The highest BCUT2D eigenvalue weighted by molar-refractivity contribution is 6.09. The second-order valence-corrected chi connectivity index (χ2v) is 16.3. The van der Waals surface area contributed by atoms with E-state index in [9.17, 15) is 0 Å². The van der Waals surface area contributed by atoms with E-state index in [0.29, 0.717) is 5.82 Å². The fourth-order valence-electron chi connectivity index (χ4n) is 10.6. The lowest BCUT2D eigenvalue weighted by atomic mass is 9.65. The van der Waals surface area contributed by atoms with Crippen molar-refractivity contribution in [2.75, 3.05) is 0 Å². The minimum absolute atomic E-state index is 0.617. The Bertz CT molecular complexity index is 3550. The molecular weight excluding hydrogens is 753 g/mol. The molecule has 0 fully saturated rings. The predicted octanol–water partition coefficient (Wildman–Crippen LogP) is 15.1. The summed E-state index contributed by atoms with van der Waals surface area (Å²) in [5.74, 6) is 0.650. The van der Waals surface area contributed by atoms with Gasteiger partial charge in [-0.1, -0.05) is 194 Å². The lowest BCUT2D eigenvalue weighted by Crippen LogP contribution is -2.29. The molecule has 0 saturated carbocycles. The molecule has 288 valence electrons. The van der Waals surface area contributed by atoms with Gasteiger partial charge in [-0.05, 0) is 91.0 Å². The van der Waals surface area contributed by atoms with Crippen molar-refractivity contribution in [3.63, 3.8) is 0 Å². The van der Waals surface area contributed by atoms with E-state index in [1.54, 1.807) is 0 Å². The first-order valence-electron chi connectivity index (χ1n) is 21.2. The zero-order chi connectivity index (χ0) is 40.8. The Kier molecular flexibility index (Phi) is 7.52. The highest BCUT2D eigenvalue weighted by atomic mass is 16.3. The summed E-state index contributed by atoms with van der Waals surface area (Å²) in [5.41, 5.74) is 20.3. The first-order valence-corrected chi connectivity index (χ1v) is 21.2. The topological polar surface area (TPSA) is 38.9 Å². The van der Waals surface area contributed by atoms with Crippen LogP contribution in [0.1, 0.15) is 22.3 Å². The molecule has 0 saturated heterocycles. The maximum atomic E-state index is 6.65. The third-order valence-electron chi connectivity index (χ3n) is 13.2. The first-order chi connectivity index (χ1) is 30.8. The molecule has 1 spiro atoms. The lowest BCUT2D eigenvalue weighted by Gasteiger charge is -2.35. The molecule has 0 atom stereocenters. The second-order valence-electron chi connectivity index (χ2n) is 16.3. The van der Waals surface area contributed by atoms with Gasteiger partial charge in [-0.2, -0.15) is 0 Å². The predicted molar refractivity (Wildman–Crippen MR) is 253 cm³/mol. The van der Waals surface area contributed by atoms with Gasteiger partial charge in [0.05, 0.1) is 16.8 Å². The summed E-state index contributed by atoms with van der Waals surface area (Å²) in [5, 5.41) is 2.15. The van der Waals surface area contributed by atoms with Crippen molar-refractivity contribution >= 4 is 21.9 Å². The highest BCUT2D eigenvalue weighted by Gasteiger charge is 2.49. The number of para-hydroxylation sites is 2. The monoisotopic (exact) mass is 788 g/mol. The summed E-state index contributed by atoms with van der Waals surface area (Å²) in [6, 6.07) is 78.6. The largest absolute Gasteiger partial charge is 0.455 e. The number of benzene rings is 9. The molecule has 11 aromatic rings. The molecule has 2 heterocycles. The van der Waals surface area contributed by atoms with Crippen LogP contribution in [0.15, 0.2) is 223 Å². The van der Waals surface area contributed by atoms with Gasteiger partial charge in [0.15, 0.2) is 5.82 Å². The first kappa shape index (κ1) is 34.7. The maximum Gasteiger partial charge on any atom is 0.160 e. The second kappa shape index (κ2) is 13.4. The van der Waals surface area contributed by atoms with E-state index in [0.717, 1.165) is 61.1 Å². The van der Waals surface area contributed by atoms with Crippen molar-refractivity contribution in [2.45, 2.75) is 5.41 Å². The average molecular weight is 789 g/mol. The molecule has 0 aliphatic heterocycles. The van der Waals surface area contributed by atoms with Crippen molar-refractivity contribution in [3.8, 4) is 78.4 Å². The number of nitrogens with zero attached hydrogens (tertiary/aromatic N) is 2. The van der Waals surface area contributed by atoms with Crippen LogP contribution in [0.25, 0.3) is 100 Å². The van der Waals surface area contributed by atoms with E-state index < -0.39 is 5.41 Å². The van der Waals surface area contributed by atoms with Crippen LogP contribution in [0.4, 0.5) is 0 Å². The normalized spacial score (nSPS) is 13.0. The smallest absolute Gasteiger partial charge is 0.160 e. The standard InChI is InChI=1S/C59H36N2O/c1-2-17-37(18-3-1)39-19-4-7-25-46(39)54-36-55(49-28-16-27-48-47-26-11-15-32-56(47)62-57(48)49)61-58(60-54)38-33-34-45-41-21-6-5-20-40(41)42-22-8-12-29-50(42)59(53(45)35-38)51-30-13-9-23-43(51)44-24-10-14-31-52(44)59/h1-36H. The number of rotatable bonds is 4. The van der Waals surface area contributed by atoms with Gasteiger partial charge in [0.2, 0.25) is 0 Å². The minimum Gasteiger partial charge on any atom is -0.455 e. The minimum atomic E-state index is -0.617. The average Bonchev–Trinajstić information content (AvgIpc) is 3.85. The molecular formula is C59H36N2O. The maximum absolute atomic E-state index is 6.65. The molecule has 0 radical (unpaired) electrons. The van der Waals surface area contributed by atoms with Gasteiger partial charge in [0, 0.05) is 27.5 Å². The molecule has 9 aromatic carbocycles. The molecule has 0 N–H and O–H groups in total. The van der Waals surface area contributed by atoms with Crippen LogP contribution in [0.2, 0.25) is 0 Å². The van der Waals surface area contributed by atoms with Gasteiger partial charge >= 0.3 is 0 Å². The summed E-state index contributed by atoms with van der Waals surface area (Å²) in [6.45, 7) is 0. The molecule has 2 aliphatic rings. The van der Waals surface area contributed by atoms with E-state index in [4.69, 9.17) is 14.4 Å². The summed E-state index contributed by atoms with van der Waals surface area (Å²) in [7, 11) is 0. The summed E-state index contributed by atoms with van der Waals surface area (Å²) < 4.78 is 6.65. The number of aromatic nitrogens is 2. The van der Waals surface area contributed by atoms with E-state index in [1.807, 2.05) is 12.1 Å². The molecule has 0 bridgehead atoms. The van der Waals surface area contributed by atoms with Crippen LogP contribution in [-0.4, -0.2) is 9.97 Å². The SMILES string of the molecule is c1ccc(-c2ccccc2-c2cc(-c3cccc4c3oc3ccccc34)nc(-c3ccc4c(c3)C3(c5ccccc5-c5ccccc5-4)c4ccccc4-c4ccccc43)n2)cc1. The van der Waals surface area contributed by atoms with Crippen LogP contribution in [0, 0.1) is 0 Å². The van der Waals surface area contributed by atoms with Crippen LogP contribution < -0.4 is 0 Å². The molecule has 62 heavy (non-hydrogen) atoms. The Balaban J connectivity index is 1.13. The summed E-state index contributed by atoms with van der Waals surface area (Å²) in [6.07, 6.45) is 0. The number of furan rings is 1. The van der Waals surface area contributed by atoms with Gasteiger partial charge < -0.3 is 4.42 Å². The van der Waals surface area contributed by atoms with E-state index in [1.165, 1.54) is 55.6 Å². The van der Waals surface area contributed by atoms with Crippen molar-refractivity contribution in [1.29, 1.82) is 0 Å². The fraction of sp³-hybridized carbons (Fsp3) is 0.0169. The highest BCUT2D eigenvalue weighted by Crippen LogP contribution is 2.61. The number of fused-ring (bicyclic) bond motifs is 15. The molecule has 2 aromatic heterocycles. The van der Waals surface area contributed by atoms with Crippen LogP contribution in [0.3, 0.4) is 0 Å². The third kappa shape index (κ3) is 4.94. The van der Waals surface area contributed by atoms with Gasteiger partial charge in [0.1, 0.15) is 11.2 Å². The zero-order valence-corrected chi connectivity index (χ0v) is 33.6. The van der Waals surface area contributed by atoms with E-state index in [2.05, 4.69) is 206 Å². The van der Waals surface area contributed by atoms with Crippen molar-refractivity contribution in [3.05, 3.63) is 241 Å². The Morgan fingerprint density at radius 3 is 1.47 bits per heavy atom. The molecule has 0 unspecified atom stereocenters. The molecule has 3 heteroatoms. The quantitative estimate of drug-likeness (QED) is 0.178. The van der Waals surface area contributed by atoms with Crippen LogP contribution in [0.5, 0.6) is 0 Å². The van der Waals surface area contributed by atoms with Gasteiger partial charge in [0.25, 0.3) is 0 Å². The Morgan fingerprint density at radius 1 is 0.306 bits per heavy atom. The van der Waals surface area contributed by atoms with Crippen molar-refractivity contribution in [1.82, 2.24) is 9.97 Å². The third-order valence-corrected chi connectivity index (χ3v) is 13.2. The van der Waals surface area contributed by atoms with E-state index >= 15 is 0 Å². The molecule has 3 nitrogen and oxygen atoms in total. The summed E-state index contributed by atoms with van der Waals surface area (Å²) in [4.78, 5) is 11.0. The molecule has 13 rings (SSSR count). The Labute approximate surface area is 359 Å². The zero-order valence-electron chi connectivity index (χ0n) is 33.6. The van der Waals surface area contributed by atoms with Crippen LogP contribution >= 0.6 is 0 Å². The number of hydrogen-bond donors (Lipinski definition) is 0.